The highest BCUT2D eigenvalue weighted by molar-refractivity contribution is 5.70. The fourth-order valence-corrected chi connectivity index (χ4v) is 1.42. The molecule has 0 atom stereocenters. The molecule has 6 heteroatoms. The zero-order valence-corrected chi connectivity index (χ0v) is 9.87. The van der Waals surface area contributed by atoms with Crippen molar-refractivity contribution in [2.75, 3.05) is 11.5 Å². The Hall–Kier alpha value is -2.63. The molecule has 0 unspecified atom stereocenters. The van der Waals surface area contributed by atoms with Gasteiger partial charge in [-0.25, -0.2) is 4.73 Å². The van der Waals surface area contributed by atoms with Crippen molar-refractivity contribution in [3.05, 3.63) is 47.3 Å². The Balaban J connectivity index is 2.35. The number of anilines is 2. The standard InChI is InChI=1S/C12H13N5O/c1-8-6-11(10(14)7-9(8)13)15-16-12-4-2-3-5-17(12)18/h2-7H,13-14H2,1H3. The lowest BCUT2D eigenvalue weighted by Crippen LogP contribution is -2.24. The second kappa shape index (κ2) is 4.70. The van der Waals surface area contributed by atoms with Crippen LogP contribution >= 0.6 is 0 Å². The summed E-state index contributed by atoms with van der Waals surface area (Å²) >= 11 is 0. The van der Waals surface area contributed by atoms with Gasteiger partial charge in [0.25, 0.3) is 0 Å². The van der Waals surface area contributed by atoms with Gasteiger partial charge >= 0.3 is 5.82 Å². The molecule has 2 rings (SSSR count). The minimum absolute atomic E-state index is 0.200. The van der Waals surface area contributed by atoms with E-state index in [1.54, 1.807) is 30.3 Å². The Bertz CT molecular complexity index is 609. The van der Waals surface area contributed by atoms with Gasteiger partial charge in [-0.15, -0.1) is 0 Å². The van der Waals surface area contributed by atoms with Crippen LogP contribution in [0.15, 0.2) is 46.8 Å². The third kappa shape index (κ3) is 2.37. The van der Waals surface area contributed by atoms with Gasteiger partial charge in [0.05, 0.1) is 17.0 Å². The fraction of sp³-hybridized carbons (Fsp3) is 0.0833. The van der Waals surface area contributed by atoms with E-state index in [9.17, 15) is 5.21 Å². The molecule has 18 heavy (non-hydrogen) atoms. The quantitative estimate of drug-likeness (QED) is 0.365. The topological polar surface area (TPSA) is 104 Å². The molecule has 1 heterocycles. The summed E-state index contributed by atoms with van der Waals surface area (Å²) in [5.41, 5.74) is 13.9. The first-order valence-corrected chi connectivity index (χ1v) is 5.33. The number of azo groups is 1. The van der Waals surface area contributed by atoms with Gasteiger partial charge in [0.15, 0.2) is 0 Å². The molecule has 0 bridgehead atoms. The van der Waals surface area contributed by atoms with E-state index in [4.69, 9.17) is 11.5 Å². The molecule has 92 valence electrons. The number of pyridine rings is 1. The fourth-order valence-electron chi connectivity index (χ4n) is 1.42. The molecular formula is C12H13N5O. The molecule has 1 aromatic heterocycles. The summed E-state index contributed by atoms with van der Waals surface area (Å²) in [7, 11) is 0. The summed E-state index contributed by atoms with van der Waals surface area (Å²) in [6.45, 7) is 1.85. The average Bonchev–Trinajstić information content (AvgIpc) is 2.34. The number of nitrogens with two attached hydrogens (primary N) is 2. The maximum atomic E-state index is 11.4. The molecule has 0 saturated carbocycles. The third-order valence-electron chi connectivity index (χ3n) is 2.48. The Morgan fingerprint density at radius 2 is 1.89 bits per heavy atom. The highest BCUT2D eigenvalue weighted by Crippen LogP contribution is 2.28. The lowest BCUT2D eigenvalue weighted by atomic mass is 10.1. The molecule has 1 aromatic carbocycles. The van der Waals surface area contributed by atoms with E-state index in [1.807, 2.05) is 6.92 Å². The zero-order valence-electron chi connectivity index (χ0n) is 9.87. The minimum Gasteiger partial charge on any atom is -0.710 e. The van der Waals surface area contributed by atoms with Gasteiger partial charge in [0, 0.05) is 11.8 Å². The number of benzene rings is 1. The van der Waals surface area contributed by atoms with Gasteiger partial charge in [0.1, 0.15) is 5.69 Å². The van der Waals surface area contributed by atoms with Crippen LogP contribution < -0.4 is 16.2 Å². The summed E-state index contributed by atoms with van der Waals surface area (Å²) in [6.07, 6.45) is 1.35. The molecule has 0 fully saturated rings. The van der Waals surface area contributed by atoms with Crippen molar-refractivity contribution in [3.63, 3.8) is 0 Å². The number of rotatable bonds is 2. The van der Waals surface area contributed by atoms with E-state index in [0.717, 1.165) is 5.56 Å². The highest BCUT2D eigenvalue weighted by atomic mass is 16.5. The molecule has 4 N–H and O–H groups in total. The Labute approximate surface area is 104 Å². The lowest BCUT2D eigenvalue weighted by molar-refractivity contribution is -0.591. The number of aromatic nitrogens is 1. The van der Waals surface area contributed by atoms with Crippen molar-refractivity contribution < 1.29 is 4.73 Å². The molecule has 6 nitrogen and oxygen atoms in total. The maximum Gasteiger partial charge on any atom is 0.353 e. The van der Waals surface area contributed by atoms with E-state index < -0.39 is 0 Å². The van der Waals surface area contributed by atoms with Gasteiger partial charge in [0.2, 0.25) is 0 Å². The second-order valence-corrected chi connectivity index (χ2v) is 3.85. The van der Waals surface area contributed by atoms with Crippen molar-refractivity contribution in [1.29, 1.82) is 0 Å². The zero-order chi connectivity index (χ0) is 13.1. The number of aryl methyl sites for hydroxylation is 1. The van der Waals surface area contributed by atoms with Crippen LogP contribution in [0.5, 0.6) is 0 Å². The number of nitrogens with zero attached hydrogens (tertiary/aromatic N) is 3. The van der Waals surface area contributed by atoms with E-state index in [1.165, 1.54) is 6.20 Å². The maximum absolute atomic E-state index is 11.4. The largest absolute Gasteiger partial charge is 0.710 e. The summed E-state index contributed by atoms with van der Waals surface area (Å²) in [5.74, 6) is 0.200. The smallest absolute Gasteiger partial charge is 0.353 e. The first-order valence-electron chi connectivity index (χ1n) is 5.33. The molecule has 0 aliphatic carbocycles. The summed E-state index contributed by atoms with van der Waals surface area (Å²) in [6, 6.07) is 8.25. The number of nitrogen functional groups attached to an aromatic ring is 2. The van der Waals surface area contributed by atoms with Crippen LogP contribution in [0, 0.1) is 12.1 Å². The van der Waals surface area contributed by atoms with Gasteiger partial charge in [-0.1, -0.05) is 6.07 Å². The van der Waals surface area contributed by atoms with Crippen molar-refractivity contribution in [3.8, 4) is 0 Å². The highest BCUT2D eigenvalue weighted by Gasteiger charge is 2.06. The van der Waals surface area contributed by atoms with Crippen LogP contribution in [0.4, 0.5) is 22.9 Å². The average molecular weight is 243 g/mol. The van der Waals surface area contributed by atoms with Crippen molar-refractivity contribution >= 4 is 22.9 Å². The summed E-state index contributed by atoms with van der Waals surface area (Å²) < 4.78 is 0.629. The van der Waals surface area contributed by atoms with E-state index in [-0.39, 0.29) is 5.82 Å². The molecule has 0 aliphatic heterocycles. The monoisotopic (exact) mass is 243 g/mol. The van der Waals surface area contributed by atoms with Crippen LogP contribution in [-0.4, -0.2) is 0 Å². The van der Waals surface area contributed by atoms with Gasteiger partial charge in [-0.2, -0.15) is 0 Å². The number of hydrogen-bond acceptors (Lipinski definition) is 5. The third-order valence-corrected chi connectivity index (χ3v) is 2.48. The predicted octanol–water partition coefficient (Wildman–Crippen LogP) is 2.21. The van der Waals surface area contributed by atoms with E-state index in [2.05, 4.69) is 10.2 Å². The summed E-state index contributed by atoms with van der Waals surface area (Å²) in [5, 5.41) is 19.2. The van der Waals surface area contributed by atoms with Crippen molar-refractivity contribution in [1.82, 2.24) is 0 Å². The second-order valence-electron chi connectivity index (χ2n) is 3.85. The Kier molecular flexibility index (Phi) is 3.09. The Morgan fingerprint density at radius 3 is 2.61 bits per heavy atom. The van der Waals surface area contributed by atoms with Gasteiger partial charge < -0.3 is 16.7 Å². The van der Waals surface area contributed by atoms with Gasteiger partial charge in [-0.3, -0.25) is 0 Å². The van der Waals surface area contributed by atoms with Crippen molar-refractivity contribution in [2.24, 2.45) is 10.2 Å². The SMILES string of the molecule is Cc1cc(N=Nc2cccc[n+]2[O-])c(N)cc1N. The van der Waals surface area contributed by atoms with Gasteiger partial charge in [-0.05, 0) is 35.8 Å². The predicted molar refractivity (Wildman–Crippen MR) is 69.6 cm³/mol. The van der Waals surface area contributed by atoms with Crippen LogP contribution in [0.3, 0.4) is 0 Å². The first kappa shape index (κ1) is 11.8. The minimum atomic E-state index is 0.200. The van der Waals surface area contributed by atoms with Crippen molar-refractivity contribution in [2.45, 2.75) is 6.92 Å². The van der Waals surface area contributed by atoms with Crippen LogP contribution in [0.25, 0.3) is 0 Å². The molecule has 0 spiro atoms. The molecular weight excluding hydrogens is 230 g/mol. The lowest BCUT2D eigenvalue weighted by Gasteiger charge is -2.03. The van der Waals surface area contributed by atoms with Crippen LogP contribution in [-0.2, 0) is 0 Å². The molecule has 0 aliphatic rings. The van der Waals surface area contributed by atoms with Crippen LogP contribution in [0.2, 0.25) is 0 Å². The van der Waals surface area contributed by atoms with E-state index in [0.29, 0.717) is 21.8 Å². The molecule has 2 aromatic rings. The Morgan fingerprint density at radius 1 is 1.11 bits per heavy atom. The molecule has 0 radical (unpaired) electrons. The number of hydrogen-bond donors (Lipinski definition) is 2. The molecule has 0 amide bonds. The first-order chi connectivity index (χ1) is 8.58. The van der Waals surface area contributed by atoms with E-state index >= 15 is 0 Å². The van der Waals surface area contributed by atoms with Crippen LogP contribution in [0.1, 0.15) is 5.56 Å². The summed E-state index contributed by atoms with van der Waals surface area (Å²) in [4.78, 5) is 0. The molecule has 0 saturated heterocycles. The normalized spacial score (nSPS) is 10.9.